The average Bonchev–Trinajstić information content (AvgIpc) is 2.39. The summed E-state index contributed by atoms with van der Waals surface area (Å²) in [6.07, 6.45) is 0. The molecule has 2 rings (SSSR count). The van der Waals surface area contributed by atoms with Gasteiger partial charge in [-0.1, -0.05) is 51.8 Å². The van der Waals surface area contributed by atoms with E-state index in [1.165, 1.54) is 0 Å². The van der Waals surface area contributed by atoms with Crippen molar-refractivity contribution in [3.05, 3.63) is 64.1 Å². The van der Waals surface area contributed by atoms with Gasteiger partial charge in [0.15, 0.2) is 0 Å². The molecule has 0 aliphatic heterocycles. The molecule has 0 atom stereocenters. The molecule has 2 aromatic carbocycles. The molecule has 0 fully saturated rings. The van der Waals surface area contributed by atoms with Crippen LogP contribution in [0.5, 0.6) is 0 Å². The van der Waals surface area contributed by atoms with Crippen LogP contribution in [0.1, 0.15) is 18.1 Å². The van der Waals surface area contributed by atoms with E-state index in [9.17, 15) is 8.42 Å². The van der Waals surface area contributed by atoms with E-state index in [1.807, 2.05) is 31.2 Å². The van der Waals surface area contributed by atoms with Gasteiger partial charge in [-0.2, -0.15) is 12.8 Å². The first kappa shape index (κ1) is 14.9. The molecule has 0 N–H and O–H groups in total. The van der Waals surface area contributed by atoms with Gasteiger partial charge >= 0.3 is 0 Å². The lowest BCUT2D eigenvalue weighted by molar-refractivity contribution is 0.598. The summed E-state index contributed by atoms with van der Waals surface area (Å²) in [5.74, 6) is 0. The van der Waals surface area contributed by atoms with Crippen molar-refractivity contribution in [3.63, 3.8) is 0 Å². The first-order valence-electron chi connectivity index (χ1n) is 6.03. The Kier molecular flexibility index (Phi) is 4.40. The Morgan fingerprint density at radius 2 is 1.65 bits per heavy atom. The van der Waals surface area contributed by atoms with Crippen LogP contribution in [0.25, 0.3) is 0 Å². The summed E-state index contributed by atoms with van der Waals surface area (Å²) < 4.78 is 29.2. The summed E-state index contributed by atoms with van der Waals surface area (Å²) in [4.78, 5) is 0.203. The fourth-order valence-corrected chi connectivity index (χ4v) is 3.36. The van der Waals surface area contributed by atoms with Crippen molar-refractivity contribution in [2.45, 2.75) is 18.7 Å². The van der Waals surface area contributed by atoms with Gasteiger partial charge < -0.3 is 0 Å². The monoisotopic (exact) mass is 351 g/mol. The fraction of sp³-hybridized carbons (Fsp3) is 0.133. The summed E-state index contributed by atoms with van der Waals surface area (Å²) in [5.41, 5.74) is 2.23. The SMILES string of the molecule is C/C(=N\S(=O)(=O)c1ccc(C)cc1)c1ccccc1Br. The third-order valence-corrected chi connectivity index (χ3v) is 4.91. The van der Waals surface area contributed by atoms with Gasteiger partial charge in [0.05, 0.1) is 10.6 Å². The molecule has 0 amide bonds. The van der Waals surface area contributed by atoms with Gasteiger partial charge in [-0.3, -0.25) is 0 Å². The maximum absolute atomic E-state index is 12.2. The van der Waals surface area contributed by atoms with Gasteiger partial charge in [-0.25, -0.2) is 0 Å². The summed E-state index contributed by atoms with van der Waals surface area (Å²) in [6.45, 7) is 3.60. The summed E-state index contributed by atoms with van der Waals surface area (Å²) in [5, 5.41) is 0. The maximum Gasteiger partial charge on any atom is 0.282 e. The van der Waals surface area contributed by atoms with Crippen molar-refractivity contribution in [1.29, 1.82) is 0 Å². The molecule has 5 heteroatoms. The van der Waals surface area contributed by atoms with Gasteiger partial charge in [0, 0.05) is 10.0 Å². The van der Waals surface area contributed by atoms with Crippen LogP contribution in [-0.2, 0) is 10.0 Å². The van der Waals surface area contributed by atoms with Gasteiger partial charge in [-0.05, 0) is 32.0 Å². The van der Waals surface area contributed by atoms with Crippen LogP contribution < -0.4 is 0 Å². The van der Waals surface area contributed by atoms with Gasteiger partial charge in [-0.15, -0.1) is 0 Å². The predicted octanol–water partition coefficient (Wildman–Crippen LogP) is 3.96. The summed E-state index contributed by atoms with van der Waals surface area (Å²) in [7, 11) is -3.67. The second-order valence-electron chi connectivity index (χ2n) is 4.44. The molecule has 104 valence electrons. The highest BCUT2D eigenvalue weighted by atomic mass is 79.9. The fourth-order valence-electron chi connectivity index (χ4n) is 1.75. The smallest absolute Gasteiger partial charge is 0.199 e. The van der Waals surface area contributed by atoms with Gasteiger partial charge in [0.25, 0.3) is 10.0 Å². The molecule has 0 saturated heterocycles. The second-order valence-corrected chi connectivity index (χ2v) is 6.90. The molecule has 0 unspecified atom stereocenters. The number of rotatable bonds is 3. The van der Waals surface area contributed by atoms with E-state index in [0.717, 1.165) is 15.6 Å². The molecule has 2 aromatic rings. The van der Waals surface area contributed by atoms with Crippen LogP contribution in [0.15, 0.2) is 62.3 Å². The van der Waals surface area contributed by atoms with Gasteiger partial charge in [0.1, 0.15) is 0 Å². The number of aryl methyl sites for hydroxylation is 1. The summed E-state index contributed by atoms with van der Waals surface area (Å²) in [6, 6.07) is 14.1. The molecule has 0 saturated carbocycles. The van der Waals surface area contributed by atoms with Crippen molar-refractivity contribution in [2.24, 2.45) is 4.40 Å². The minimum atomic E-state index is -3.67. The lowest BCUT2D eigenvalue weighted by Gasteiger charge is -2.05. The molecule has 0 aromatic heterocycles. The highest BCUT2D eigenvalue weighted by Crippen LogP contribution is 2.19. The zero-order valence-electron chi connectivity index (χ0n) is 11.2. The predicted molar refractivity (Wildman–Crippen MR) is 84.7 cm³/mol. The molecule has 0 spiro atoms. The Hall–Kier alpha value is -1.46. The number of benzene rings is 2. The Balaban J connectivity index is 2.43. The van der Waals surface area contributed by atoms with Crippen LogP contribution in [0.2, 0.25) is 0 Å². The number of nitrogens with zero attached hydrogens (tertiary/aromatic N) is 1. The van der Waals surface area contributed by atoms with Crippen molar-refractivity contribution in [1.82, 2.24) is 0 Å². The van der Waals surface area contributed by atoms with E-state index in [0.29, 0.717) is 5.71 Å². The number of halogens is 1. The lowest BCUT2D eigenvalue weighted by Crippen LogP contribution is -2.04. The molecule has 0 bridgehead atoms. The zero-order chi connectivity index (χ0) is 14.8. The van der Waals surface area contributed by atoms with E-state index in [-0.39, 0.29) is 4.90 Å². The molecule has 20 heavy (non-hydrogen) atoms. The number of hydrogen-bond acceptors (Lipinski definition) is 2. The quantitative estimate of drug-likeness (QED) is 0.785. The van der Waals surface area contributed by atoms with E-state index in [4.69, 9.17) is 0 Å². The molecule has 0 heterocycles. The Labute approximate surface area is 127 Å². The topological polar surface area (TPSA) is 46.5 Å². The average molecular weight is 352 g/mol. The van der Waals surface area contributed by atoms with E-state index >= 15 is 0 Å². The highest BCUT2D eigenvalue weighted by Gasteiger charge is 2.14. The maximum atomic E-state index is 12.2. The van der Waals surface area contributed by atoms with Crippen molar-refractivity contribution < 1.29 is 8.42 Å². The highest BCUT2D eigenvalue weighted by molar-refractivity contribution is 9.10. The van der Waals surface area contributed by atoms with Crippen LogP contribution in [0, 0.1) is 6.92 Å². The van der Waals surface area contributed by atoms with Crippen LogP contribution in [0.4, 0.5) is 0 Å². The van der Waals surface area contributed by atoms with Crippen molar-refractivity contribution >= 4 is 31.7 Å². The lowest BCUT2D eigenvalue weighted by atomic mass is 10.1. The number of hydrogen-bond donors (Lipinski definition) is 0. The number of sulfonamides is 1. The van der Waals surface area contributed by atoms with E-state index < -0.39 is 10.0 Å². The minimum absolute atomic E-state index is 0.203. The summed E-state index contributed by atoms with van der Waals surface area (Å²) >= 11 is 3.39. The second kappa shape index (κ2) is 5.89. The first-order valence-corrected chi connectivity index (χ1v) is 8.26. The third-order valence-electron chi connectivity index (χ3n) is 2.84. The molecule has 0 radical (unpaired) electrons. The van der Waals surface area contributed by atoms with Crippen molar-refractivity contribution in [3.8, 4) is 0 Å². The minimum Gasteiger partial charge on any atom is -0.199 e. The standard InChI is InChI=1S/C15H14BrNO2S/c1-11-7-9-13(10-8-11)20(18,19)17-12(2)14-5-3-4-6-15(14)16/h3-10H,1-2H3/b17-12+. The van der Waals surface area contributed by atoms with Crippen LogP contribution >= 0.6 is 15.9 Å². The molecule has 0 aliphatic rings. The Morgan fingerprint density at radius 1 is 1.05 bits per heavy atom. The molecule has 0 aliphatic carbocycles. The van der Waals surface area contributed by atoms with E-state index in [1.54, 1.807) is 31.2 Å². The Morgan fingerprint density at radius 3 is 2.25 bits per heavy atom. The zero-order valence-corrected chi connectivity index (χ0v) is 13.6. The molecule has 3 nitrogen and oxygen atoms in total. The molecular formula is C15H14BrNO2S. The third kappa shape index (κ3) is 3.35. The largest absolute Gasteiger partial charge is 0.282 e. The normalized spacial score (nSPS) is 12.4. The Bertz CT molecular complexity index is 750. The van der Waals surface area contributed by atoms with Gasteiger partial charge in [0.2, 0.25) is 0 Å². The first-order chi connectivity index (χ1) is 9.40. The van der Waals surface area contributed by atoms with Crippen molar-refractivity contribution in [2.75, 3.05) is 0 Å². The van der Waals surface area contributed by atoms with Crippen LogP contribution in [0.3, 0.4) is 0 Å². The van der Waals surface area contributed by atoms with Crippen LogP contribution in [-0.4, -0.2) is 14.1 Å². The molecular weight excluding hydrogens is 338 g/mol. The van der Waals surface area contributed by atoms with E-state index in [2.05, 4.69) is 20.3 Å².